The van der Waals surface area contributed by atoms with Gasteiger partial charge in [-0.15, -0.1) is 11.3 Å². The van der Waals surface area contributed by atoms with Gasteiger partial charge in [-0.2, -0.15) is 0 Å². The van der Waals surface area contributed by atoms with Crippen LogP contribution in [0.1, 0.15) is 18.9 Å². The number of fused-ring (bicyclic) bond motifs is 1. The van der Waals surface area contributed by atoms with Crippen molar-refractivity contribution in [3.8, 4) is 0 Å². The summed E-state index contributed by atoms with van der Waals surface area (Å²) in [5.41, 5.74) is 1.00. The van der Waals surface area contributed by atoms with E-state index in [4.69, 9.17) is 0 Å². The number of rotatable bonds is 9. The number of nitrogens with one attached hydrogen (secondary N) is 2. The molecule has 2 rings (SSSR count). The van der Waals surface area contributed by atoms with E-state index in [-0.39, 0.29) is 24.9 Å². The second-order valence-electron chi connectivity index (χ2n) is 5.43. The molecular formula is C17H24N4O2S. The molecule has 24 heavy (non-hydrogen) atoms. The number of hydrogen-bond acceptors (Lipinski definition) is 5. The van der Waals surface area contributed by atoms with Crippen LogP contribution in [0.2, 0.25) is 0 Å². The minimum Gasteiger partial charge on any atom is -0.355 e. The highest BCUT2D eigenvalue weighted by atomic mass is 32.1. The van der Waals surface area contributed by atoms with Gasteiger partial charge in [0.05, 0.1) is 28.3 Å². The number of thiazole rings is 1. The zero-order chi connectivity index (χ0) is 17.4. The Labute approximate surface area is 146 Å². The summed E-state index contributed by atoms with van der Waals surface area (Å²) in [5.74, 6) is -0.121. The molecule has 7 heteroatoms. The Morgan fingerprint density at radius 2 is 1.83 bits per heavy atom. The van der Waals surface area contributed by atoms with Crippen molar-refractivity contribution in [2.24, 2.45) is 0 Å². The summed E-state index contributed by atoms with van der Waals surface area (Å²) in [6.07, 6.45) is 0.716. The van der Waals surface area contributed by atoms with Crippen LogP contribution in [0.4, 0.5) is 0 Å². The van der Waals surface area contributed by atoms with Gasteiger partial charge in [0.2, 0.25) is 11.8 Å². The number of likely N-dealkylation sites (N-methyl/N-ethyl adjacent to an activating group) is 2. The van der Waals surface area contributed by atoms with Gasteiger partial charge in [0.1, 0.15) is 0 Å². The van der Waals surface area contributed by atoms with Crippen LogP contribution in [0.15, 0.2) is 24.3 Å². The van der Waals surface area contributed by atoms with E-state index >= 15 is 0 Å². The molecule has 0 saturated carbocycles. The molecule has 1 heterocycles. The van der Waals surface area contributed by atoms with Crippen LogP contribution in [0.5, 0.6) is 0 Å². The van der Waals surface area contributed by atoms with E-state index in [1.165, 1.54) is 0 Å². The molecule has 0 bridgehead atoms. The Bertz CT molecular complexity index is 653. The Balaban J connectivity index is 1.74. The number of carbonyl (C=O) groups is 2. The summed E-state index contributed by atoms with van der Waals surface area (Å²) in [6.45, 7) is 6.10. The fourth-order valence-electron chi connectivity index (χ4n) is 2.33. The average molecular weight is 348 g/mol. The predicted octanol–water partition coefficient (Wildman–Crippen LogP) is 1.41. The van der Waals surface area contributed by atoms with Gasteiger partial charge in [0.15, 0.2) is 0 Å². The maximum absolute atomic E-state index is 12.0. The number of aromatic nitrogens is 1. The van der Waals surface area contributed by atoms with Crippen molar-refractivity contribution in [3.63, 3.8) is 0 Å². The fraction of sp³-hybridized carbons (Fsp3) is 0.471. The van der Waals surface area contributed by atoms with E-state index in [0.29, 0.717) is 26.1 Å². The van der Waals surface area contributed by atoms with E-state index in [9.17, 15) is 9.59 Å². The van der Waals surface area contributed by atoms with Gasteiger partial charge in [0.25, 0.3) is 0 Å². The molecule has 0 unspecified atom stereocenters. The van der Waals surface area contributed by atoms with Crippen molar-refractivity contribution >= 4 is 33.4 Å². The molecule has 0 aliphatic carbocycles. The molecule has 1 aromatic carbocycles. The van der Waals surface area contributed by atoms with Crippen molar-refractivity contribution in [2.75, 3.05) is 32.7 Å². The summed E-state index contributed by atoms with van der Waals surface area (Å²) < 4.78 is 1.16. The van der Waals surface area contributed by atoms with Crippen molar-refractivity contribution in [1.29, 1.82) is 0 Å². The highest BCUT2D eigenvalue weighted by Crippen LogP contribution is 2.21. The van der Waals surface area contributed by atoms with Crippen molar-refractivity contribution in [3.05, 3.63) is 29.3 Å². The normalized spacial score (nSPS) is 11.0. The monoisotopic (exact) mass is 348 g/mol. The van der Waals surface area contributed by atoms with Gasteiger partial charge in [0, 0.05) is 19.5 Å². The molecule has 6 nitrogen and oxygen atoms in total. The summed E-state index contributed by atoms with van der Waals surface area (Å²) in [7, 11) is 0. The number of para-hydroxylation sites is 1. The highest BCUT2D eigenvalue weighted by Gasteiger charge is 2.12. The molecule has 2 amide bonds. The third-order valence-corrected chi connectivity index (χ3v) is 4.65. The molecule has 2 N–H and O–H groups in total. The zero-order valence-electron chi connectivity index (χ0n) is 14.2. The van der Waals surface area contributed by atoms with Crippen LogP contribution in [0.3, 0.4) is 0 Å². The van der Waals surface area contributed by atoms with Crippen LogP contribution in [-0.4, -0.2) is 54.4 Å². The molecule has 0 atom stereocenters. The minimum absolute atomic E-state index is 0.0541. The zero-order valence-corrected chi connectivity index (χ0v) is 15.0. The number of carbonyl (C=O) groups excluding carboxylic acids is 2. The number of benzene rings is 1. The third-order valence-electron chi connectivity index (χ3n) is 3.55. The Hall–Kier alpha value is -1.99. The first-order valence-corrected chi connectivity index (χ1v) is 9.04. The highest BCUT2D eigenvalue weighted by molar-refractivity contribution is 7.18. The third kappa shape index (κ3) is 5.58. The maximum atomic E-state index is 12.0. The average Bonchev–Trinajstić information content (AvgIpc) is 2.97. The maximum Gasteiger partial charge on any atom is 0.234 e. The van der Waals surface area contributed by atoms with E-state index in [0.717, 1.165) is 15.2 Å². The smallest absolute Gasteiger partial charge is 0.234 e. The number of amides is 2. The SMILES string of the molecule is CCNC(=O)CN(CC)CC(=O)NCCc1nc2ccccc2s1. The largest absolute Gasteiger partial charge is 0.355 e. The number of hydrogen-bond donors (Lipinski definition) is 2. The first-order chi connectivity index (χ1) is 11.6. The first kappa shape index (κ1) is 18.4. The predicted molar refractivity (Wildman–Crippen MR) is 97.1 cm³/mol. The summed E-state index contributed by atoms with van der Waals surface area (Å²) >= 11 is 1.66. The van der Waals surface area contributed by atoms with Crippen molar-refractivity contribution in [1.82, 2.24) is 20.5 Å². The lowest BCUT2D eigenvalue weighted by Gasteiger charge is -2.19. The van der Waals surface area contributed by atoms with Gasteiger partial charge < -0.3 is 10.6 Å². The first-order valence-electron chi connectivity index (χ1n) is 8.22. The van der Waals surface area contributed by atoms with Gasteiger partial charge in [-0.3, -0.25) is 14.5 Å². The van der Waals surface area contributed by atoms with Crippen molar-refractivity contribution in [2.45, 2.75) is 20.3 Å². The van der Waals surface area contributed by atoms with Crippen LogP contribution in [-0.2, 0) is 16.0 Å². The standard InChI is InChI=1S/C17H24N4O2S/c1-3-18-15(22)11-21(4-2)12-16(23)19-10-9-17-20-13-7-5-6-8-14(13)24-17/h5-8H,3-4,9-12H2,1-2H3,(H,18,22)(H,19,23). The van der Waals surface area contributed by atoms with Crippen LogP contribution < -0.4 is 10.6 Å². The quantitative estimate of drug-likeness (QED) is 0.719. The fourth-order valence-corrected chi connectivity index (χ4v) is 3.30. The van der Waals surface area contributed by atoms with Crippen molar-refractivity contribution < 1.29 is 9.59 Å². The summed E-state index contributed by atoms with van der Waals surface area (Å²) in [5, 5.41) is 6.66. The molecule has 130 valence electrons. The molecule has 0 fully saturated rings. The molecule has 0 aliphatic rings. The van der Waals surface area contributed by atoms with E-state index in [1.54, 1.807) is 11.3 Å². The van der Waals surface area contributed by atoms with Crippen LogP contribution in [0.25, 0.3) is 10.2 Å². The molecule has 1 aromatic heterocycles. The van der Waals surface area contributed by atoms with Gasteiger partial charge in [-0.25, -0.2) is 4.98 Å². The van der Waals surface area contributed by atoms with Gasteiger partial charge in [-0.05, 0) is 25.6 Å². The molecule has 0 aliphatic heterocycles. The lowest BCUT2D eigenvalue weighted by atomic mass is 10.3. The molecular weight excluding hydrogens is 324 g/mol. The molecule has 0 spiro atoms. The lowest BCUT2D eigenvalue weighted by Crippen LogP contribution is -2.43. The van der Waals surface area contributed by atoms with E-state index < -0.39 is 0 Å². The Morgan fingerprint density at radius 1 is 1.12 bits per heavy atom. The summed E-state index contributed by atoms with van der Waals surface area (Å²) in [6, 6.07) is 8.02. The summed E-state index contributed by atoms with van der Waals surface area (Å²) in [4.78, 5) is 30.0. The minimum atomic E-state index is -0.0674. The van der Waals surface area contributed by atoms with Gasteiger partial charge >= 0.3 is 0 Å². The molecule has 0 radical (unpaired) electrons. The second kappa shape index (κ2) is 9.34. The van der Waals surface area contributed by atoms with Gasteiger partial charge in [-0.1, -0.05) is 19.1 Å². The molecule has 0 saturated heterocycles. The van der Waals surface area contributed by atoms with E-state index in [1.807, 2.05) is 36.9 Å². The van der Waals surface area contributed by atoms with E-state index in [2.05, 4.69) is 21.7 Å². The number of nitrogens with zero attached hydrogens (tertiary/aromatic N) is 2. The van der Waals surface area contributed by atoms with Crippen LogP contribution in [0, 0.1) is 0 Å². The lowest BCUT2D eigenvalue weighted by molar-refractivity contribution is -0.125. The second-order valence-corrected chi connectivity index (χ2v) is 6.55. The topological polar surface area (TPSA) is 74.3 Å². The Kier molecular flexibility index (Phi) is 7.14. The Morgan fingerprint density at radius 3 is 2.50 bits per heavy atom. The van der Waals surface area contributed by atoms with Crippen LogP contribution >= 0.6 is 11.3 Å². The molecule has 2 aromatic rings.